The van der Waals surface area contributed by atoms with Crippen molar-refractivity contribution in [1.29, 1.82) is 0 Å². The molecule has 144 valence electrons. The Morgan fingerprint density at radius 1 is 1.33 bits per heavy atom. The Kier molecular flexibility index (Phi) is 6.36. The normalized spacial score (nSPS) is 12.7. The van der Waals surface area contributed by atoms with Crippen LogP contribution in [0.4, 0.5) is 14.9 Å². The molecule has 0 atom stereocenters. The third-order valence-electron chi connectivity index (χ3n) is 3.92. The van der Waals surface area contributed by atoms with E-state index in [4.69, 9.17) is 25.8 Å². The third kappa shape index (κ3) is 5.02. The molecule has 0 aromatic heterocycles. The molecule has 0 bridgehead atoms. The molecule has 0 fully saturated rings. The van der Waals surface area contributed by atoms with Gasteiger partial charge in [0.2, 0.25) is 0 Å². The number of ether oxygens (including phenoxy) is 3. The van der Waals surface area contributed by atoms with Crippen molar-refractivity contribution >= 4 is 23.3 Å². The molecule has 0 spiro atoms. The first-order valence-corrected chi connectivity index (χ1v) is 8.93. The van der Waals surface area contributed by atoms with Gasteiger partial charge in [-0.3, -0.25) is 0 Å². The molecule has 0 saturated heterocycles. The molecule has 1 aliphatic rings. The molecule has 2 N–H and O–H groups in total. The van der Waals surface area contributed by atoms with E-state index >= 15 is 0 Å². The molecule has 8 heteroatoms. The number of amides is 2. The largest absolute Gasteiger partial charge is 0.492 e. The second-order valence-electron chi connectivity index (χ2n) is 5.87. The van der Waals surface area contributed by atoms with Crippen LogP contribution in [-0.2, 0) is 17.8 Å². The van der Waals surface area contributed by atoms with E-state index in [9.17, 15) is 9.18 Å². The van der Waals surface area contributed by atoms with Gasteiger partial charge in [-0.15, -0.1) is 0 Å². The minimum absolute atomic E-state index is 0.137. The average molecular weight is 395 g/mol. The van der Waals surface area contributed by atoms with Crippen molar-refractivity contribution in [3.63, 3.8) is 0 Å². The molecular weight excluding hydrogens is 375 g/mol. The van der Waals surface area contributed by atoms with Crippen LogP contribution >= 0.6 is 11.6 Å². The van der Waals surface area contributed by atoms with Gasteiger partial charge in [-0.1, -0.05) is 11.6 Å². The van der Waals surface area contributed by atoms with Crippen LogP contribution in [0.3, 0.4) is 0 Å². The zero-order valence-corrected chi connectivity index (χ0v) is 15.6. The lowest BCUT2D eigenvalue weighted by atomic mass is 10.1. The van der Waals surface area contributed by atoms with Gasteiger partial charge in [0.1, 0.15) is 17.3 Å². The van der Waals surface area contributed by atoms with Crippen molar-refractivity contribution in [2.24, 2.45) is 0 Å². The van der Waals surface area contributed by atoms with Gasteiger partial charge in [-0.05, 0) is 49.2 Å². The first kappa shape index (κ1) is 19.3. The fourth-order valence-electron chi connectivity index (χ4n) is 2.78. The van der Waals surface area contributed by atoms with Crippen molar-refractivity contribution in [2.45, 2.75) is 20.0 Å². The SMILES string of the molecule is CCOc1ccc(NC(=O)NCCc2cc(F)cc3c2OCOC3)cc1Cl. The van der Waals surface area contributed by atoms with E-state index in [0.29, 0.717) is 59.5 Å². The summed E-state index contributed by atoms with van der Waals surface area (Å²) in [7, 11) is 0. The lowest BCUT2D eigenvalue weighted by Gasteiger charge is -2.21. The van der Waals surface area contributed by atoms with Crippen molar-refractivity contribution in [2.75, 3.05) is 25.3 Å². The molecule has 0 unspecified atom stereocenters. The highest BCUT2D eigenvalue weighted by Crippen LogP contribution is 2.30. The zero-order valence-electron chi connectivity index (χ0n) is 14.8. The lowest BCUT2D eigenvalue weighted by molar-refractivity contribution is -0.0172. The van der Waals surface area contributed by atoms with Gasteiger partial charge in [-0.25, -0.2) is 9.18 Å². The molecule has 0 radical (unpaired) electrons. The number of rotatable bonds is 6. The number of nitrogens with one attached hydrogen (secondary N) is 2. The van der Waals surface area contributed by atoms with Crippen molar-refractivity contribution in [3.8, 4) is 11.5 Å². The molecule has 2 aromatic rings. The molecule has 0 aliphatic carbocycles. The maximum Gasteiger partial charge on any atom is 0.319 e. The standard InChI is InChI=1S/C19H20ClFN2O4/c1-2-26-17-4-3-15(9-16(17)20)23-19(24)22-6-5-12-7-14(21)8-13-10-25-11-27-18(12)13/h3-4,7-9H,2,5-6,10-11H2,1H3,(H2,22,23,24). The topological polar surface area (TPSA) is 68.8 Å². The first-order chi connectivity index (χ1) is 13.1. The van der Waals surface area contributed by atoms with Gasteiger partial charge in [0.05, 0.1) is 18.2 Å². The summed E-state index contributed by atoms with van der Waals surface area (Å²) in [4.78, 5) is 12.1. The van der Waals surface area contributed by atoms with Crippen molar-refractivity contribution in [1.82, 2.24) is 5.32 Å². The molecular formula is C19H20ClFN2O4. The Morgan fingerprint density at radius 2 is 2.19 bits per heavy atom. The summed E-state index contributed by atoms with van der Waals surface area (Å²) < 4.78 is 29.7. The zero-order chi connectivity index (χ0) is 19.2. The number of anilines is 1. The van der Waals surface area contributed by atoms with Crippen LogP contribution in [0.5, 0.6) is 11.5 Å². The maximum atomic E-state index is 13.7. The molecule has 3 rings (SSSR count). The summed E-state index contributed by atoms with van der Waals surface area (Å²) in [5, 5.41) is 5.85. The molecule has 0 saturated carbocycles. The smallest absolute Gasteiger partial charge is 0.319 e. The average Bonchev–Trinajstić information content (AvgIpc) is 2.64. The molecule has 2 amide bonds. The minimum Gasteiger partial charge on any atom is -0.492 e. The van der Waals surface area contributed by atoms with Gasteiger partial charge in [0.25, 0.3) is 0 Å². The predicted octanol–water partition coefficient (Wildman–Crippen LogP) is 4.11. The number of benzene rings is 2. The van der Waals surface area contributed by atoms with Crippen LogP contribution in [0, 0.1) is 5.82 Å². The van der Waals surface area contributed by atoms with Crippen LogP contribution in [0.2, 0.25) is 5.02 Å². The van der Waals surface area contributed by atoms with Gasteiger partial charge in [-0.2, -0.15) is 0 Å². The van der Waals surface area contributed by atoms with Crippen LogP contribution < -0.4 is 20.1 Å². The number of carbonyl (C=O) groups excluding carboxylic acids is 1. The number of carbonyl (C=O) groups is 1. The number of halogens is 2. The second-order valence-corrected chi connectivity index (χ2v) is 6.28. The Bertz CT molecular complexity index is 832. The van der Waals surface area contributed by atoms with E-state index in [1.54, 1.807) is 18.2 Å². The van der Waals surface area contributed by atoms with E-state index in [-0.39, 0.29) is 18.6 Å². The minimum atomic E-state index is -0.384. The monoisotopic (exact) mass is 394 g/mol. The summed E-state index contributed by atoms with van der Waals surface area (Å²) in [5.41, 5.74) is 1.91. The van der Waals surface area contributed by atoms with Crippen LogP contribution in [0.1, 0.15) is 18.1 Å². The van der Waals surface area contributed by atoms with Crippen LogP contribution in [0.25, 0.3) is 0 Å². The third-order valence-corrected chi connectivity index (χ3v) is 4.22. The van der Waals surface area contributed by atoms with Gasteiger partial charge >= 0.3 is 6.03 Å². The second kappa shape index (κ2) is 8.92. The fraction of sp³-hybridized carbons (Fsp3) is 0.316. The lowest BCUT2D eigenvalue weighted by Crippen LogP contribution is -2.30. The molecule has 2 aromatic carbocycles. The predicted molar refractivity (Wildman–Crippen MR) is 100 cm³/mol. The Hall–Kier alpha value is -2.51. The van der Waals surface area contributed by atoms with E-state index < -0.39 is 0 Å². The molecule has 27 heavy (non-hydrogen) atoms. The number of hydrogen-bond donors (Lipinski definition) is 2. The molecule has 1 heterocycles. The Labute approximate surface area is 161 Å². The summed E-state index contributed by atoms with van der Waals surface area (Å²) in [5.74, 6) is 0.833. The number of hydrogen-bond acceptors (Lipinski definition) is 4. The van der Waals surface area contributed by atoms with Crippen LogP contribution in [-0.4, -0.2) is 26.0 Å². The van der Waals surface area contributed by atoms with Crippen molar-refractivity contribution < 1.29 is 23.4 Å². The van der Waals surface area contributed by atoms with Crippen molar-refractivity contribution in [3.05, 3.63) is 52.3 Å². The van der Waals surface area contributed by atoms with Gasteiger partial charge in [0.15, 0.2) is 6.79 Å². The maximum absolute atomic E-state index is 13.7. The van der Waals surface area contributed by atoms with E-state index in [0.717, 1.165) is 0 Å². The van der Waals surface area contributed by atoms with E-state index in [1.165, 1.54) is 12.1 Å². The highest BCUT2D eigenvalue weighted by molar-refractivity contribution is 6.32. The van der Waals surface area contributed by atoms with Crippen LogP contribution in [0.15, 0.2) is 30.3 Å². The summed E-state index contributed by atoms with van der Waals surface area (Å²) >= 11 is 6.10. The first-order valence-electron chi connectivity index (χ1n) is 8.56. The molecule has 1 aliphatic heterocycles. The number of fused-ring (bicyclic) bond motifs is 1. The highest BCUT2D eigenvalue weighted by Gasteiger charge is 2.17. The summed E-state index contributed by atoms with van der Waals surface area (Å²) in [6, 6.07) is 7.43. The highest BCUT2D eigenvalue weighted by atomic mass is 35.5. The Morgan fingerprint density at radius 3 is 2.96 bits per heavy atom. The van der Waals surface area contributed by atoms with Gasteiger partial charge < -0.3 is 24.8 Å². The Balaban J connectivity index is 1.54. The quantitative estimate of drug-likeness (QED) is 0.773. The van der Waals surface area contributed by atoms with Gasteiger partial charge in [0, 0.05) is 17.8 Å². The molecule has 6 nitrogen and oxygen atoms in total. The van der Waals surface area contributed by atoms with E-state index in [1.807, 2.05) is 6.92 Å². The fourth-order valence-corrected chi connectivity index (χ4v) is 3.01. The summed E-state index contributed by atoms with van der Waals surface area (Å²) in [6.07, 6.45) is 0.428. The van der Waals surface area contributed by atoms with E-state index in [2.05, 4.69) is 10.6 Å². The summed E-state index contributed by atoms with van der Waals surface area (Å²) in [6.45, 7) is 3.14. The number of urea groups is 1.